The molecular weight excluding hydrogens is 237 g/mol. The van der Waals surface area contributed by atoms with Crippen LogP contribution in [0.3, 0.4) is 0 Å². The second-order valence-electron chi connectivity index (χ2n) is 3.74. The zero-order chi connectivity index (χ0) is 12.4. The molecule has 0 aliphatic heterocycles. The van der Waals surface area contributed by atoms with E-state index >= 15 is 0 Å². The van der Waals surface area contributed by atoms with Gasteiger partial charge in [0.05, 0.1) is 7.11 Å². The number of aryl methyl sites for hydroxylation is 1. The molecule has 2 N–H and O–H groups in total. The maximum Gasteiger partial charge on any atom is 0.126 e. The number of ether oxygens (including phenoxy) is 1. The molecule has 0 atom stereocenters. The van der Waals surface area contributed by atoms with E-state index in [9.17, 15) is 4.39 Å². The maximum atomic E-state index is 13.4. The van der Waals surface area contributed by atoms with Crippen LogP contribution in [0.25, 0.3) is 11.1 Å². The van der Waals surface area contributed by atoms with Crippen molar-refractivity contribution in [2.45, 2.75) is 13.5 Å². The number of benzene rings is 1. The molecule has 0 saturated carbocycles. The van der Waals surface area contributed by atoms with Gasteiger partial charge in [-0.1, -0.05) is 0 Å². The fraction of sp³-hybridized carbons (Fsp3) is 0.231. The molecular formula is C13H14FNOS. The molecule has 2 rings (SSSR count). The van der Waals surface area contributed by atoms with Crippen LogP contribution in [0.2, 0.25) is 0 Å². The Labute approximate surface area is 104 Å². The van der Waals surface area contributed by atoms with Crippen molar-refractivity contribution in [1.29, 1.82) is 0 Å². The number of methoxy groups -OCH3 is 1. The van der Waals surface area contributed by atoms with Crippen molar-refractivity contribution in [1.82, 2.24) is 0 Å². The van der Waals surface area contributed by atoms with Crippen LogP contribution in [0.5, 0.6) is 5.75 Å². The van der Waals surface area contributed by atoms with E-state index in [2.05, 4.69) is 0 Å². The van der Waals surface area contributed by atoms with Crippen molar-refractivity contribution in [2.75, 3.05) is 7.11 Å². The van der Waals surface area contributed by atoms with E-state index < -0.39 is 0 Å². The molecule has 0 saturated heterocycles. The van der Waals surface area contributed by atoms with Crippen molar-refractivity contribution in [3.05, 3.63) is 39.8 Å². The lowest BCUT2D eigenvalue weighted by Gasteiger charge is -2.10. The van der Waals surface area contributed by atoms with E-state index in [4.69, 9.17) is 10.5 Å². The number of rotatable bonds is 3. The molecule has 1 aromatic carbocycles. The fourth-order valence-corrected chi connectivity index (χ4v) is 2.78. The summed E-state index contributed by atoms with van der Waals surface area (Å²) in [6, 6.07) is 4.53. The second kappa shape index (κ2) is 4.85. The minimum atomic E-state index is -0.269. The first kappa shape index (κ1) is 12.1. The van der Waals surface area contributed by atoms with Crippen molar-refractivity contribution in [3.8, 4) is 16.9 Å². The lowest BCUT2D eigenvalue weighted by molar-refractivity contribution is 0.415. The molecule has 1 heterocycles. The Morgan fingerprint density at radius 2 is 2.18 bits per heavy atom. The quantitative estimate of drug-likeness (QED) is 0.908. The van der Waals surface area contributed by atoms with Crippen molar-refractivity contribution in [2.24, 2.45) is 5.73 Å². The van der Waals surface area contributed by atoms with Gasteiger partial charge in [0, 0.05) is 22.5 Å². The van der Waals surface area contributed by atoms with Crippen LogP contribution in [0.15, 0.2) is 23.6 Å². The third kappa shape index (κ3) is 2.18. The predicted molar refractivity (Wildman–Crippen MR) is 68.9 cm³/mol. The Kier molecular flexibility index (Phi) is 3.45. The van der Waals surface area contributed by atoms with Crippen LogP contribution in [-0.4, -0.2) is 7.11 Å². The highest BCUT2D eigenvalue weighted by Crippen LogP contribution is 2.38. The standard InChI is InChI=1S/C13H14FNOS/c1-8-13(9(6-15)7-17-8)11-5-10(14)3-4-12(11)16-2/h3-5,7H,6,15H2,1-2H3. The zero-order valence-corrected chi connectivity index (χ0v) is 10.6. The van der Waals surface area contributed by atoms with Crippen LogP contribution < -0.4 is 10.5 Å². The highest BCUT2D eigenvalue weighted by atomic mass is 32.1. The molecule has 90 valence electrons. The zero-order valence-electron chi connectivity index (χ0n) is 9.79. The van der Waals surface area contributed by atoms with Crippen molar-refractivity contribution < 1.29 is 9.13 Å². The first-order chi connectivity index (χ1) is 8.17. The van der Waals surface area contributed by atoms with Gasteiger partial charge in [-0.3, -0.25) is 0 Å². The summed E-state index contributed by atoms with van der Waals surface area (Å²) >= 11 is 1.62. The average molecular weight is 251 g/mol. The van der Waals surface area contributed by atoms with Crippen LogP contribution in [0, 0.1) is 12.7 Å². The number of hydrogen-bond donors (Lipinski definition) is 1. The Hall–Kier alpha value is -1.39. The van der Waals surface area contributed by atoms with Crippen LogP contribution in [0.1, 0.15) is 10.4 Å². The molecule has 0 bridgehead atoms. The molecule has 17 heavy (non-hydrogen) atoms. The normalized spacial score (nSPS) is 10.6. The number of hydrogen-bond acceptors (Lipinski definition) is 3. The lowest BCUT2D eigenvalue weighted by atomic mass is 10.0. The van der Waals surface area contributed by atoms with E-state index in [-0.39, 0.29) is 5.82 Å². The number of halogens is 1. The van der Waals surface area contributed by atoms with Gasteiger partial charge in [-0.15, -0.1) is 11.3 Å². The highest BCUT2D eigenvalue weighted by Gasteiger charge is 2.14. The molecule has 0 spiro atoms. The predicted octanol–water partition coefficient (Wildman–Crippen LogP) is 3.33. The first-order valence-corrected chi connectivity index (χ1v) is 6.16. The molecule has 0 unspecified atom stereocenters. The molecule has 2 aromatic rings. The molecule has 0 radical (unpaired) electrons. The Morgan fingerprint density at radius 1 is 1.41 bits per heavy atom. The van der Waals surface area contributed by atoms with Gasteiger partial charge in [-0.25, -0.2) is 4.39 Å². The summed E-state index contributed by atoms with van der Waals surface area (Å²) in [5.41, 5.74) is 8.49. The average Bonchev–Trinajstić information content (AvgIpc) is 2.70. The third-order valence-corrected chi connectivity index (χ3v) is 3.66. The van der Waals surface area contributed by atoms with E-state index in [0.29, 0.717) is 12.3 Å². The summed E-state index contributed by atoms with van der Waals surface area (Å²) < 4.78 is 18.6. The highest BCUT2D eigenvalue weighted by molar-refractivity contribution is 7.10. The summed E-state index contributed by atoms with van der Waals surface area (Å²) in [6.45, 7) is 2.45. The Morgan fingerprint density at radius 3 is 2.82 bits per heavy atom. The summed E-state index contributed by atoms with van der Waals surface area (Å²) in [7, 11) is 1.58. The van der Waals surface area contributed by atoms with Gasteiger partial charge >= 0.3 is 0 Å². The lowest BCUT2D eigenvalue weighted by Crippen LogP contribution is -1.98. The molecule has 1 aromatic heterocycles. The molecule has 0 aliphatic carbocycles. The Balaban J connectivity index is 2.66. The summed E-state index contributed by atoms with van der Waals surface area (Å²) in [4.78, 5) is 1.12. The monoisotopic (exact) mass is 251 g/mol. The van der Waals surface area contributed by atoms with E-state index in [1.165, 1.54) is 12.1 Å². The topological polar surface area (TPSA) is 35.2 Å². The van der Waals surface area contributed by atoms with Crippen LogP contribution >= 0.6 is 11.3 Å². The molecule has 2 nitrogen and oxygen atoms in total. The van der Waals surface area contributed by atoms with Crippen LogP contribution in [0.4, 0.5) is 4.39 Å². The van der Waals surface area contributed by atoms with Gasteiger partial charge in [0.1, 0.15) is 11.6 Å². The van der Waals surface area contributed by atoms with E-state index in [1.807, 2.05) is 12.3 Å². The van der Waals surface area contributed by atoms with Gasteiger partial charge in [0.25, 0.3) is 0 Å². The molecule has 0 aliphatic rings. The minimum absolute atomic E-state index is 0.269. The third-order valence-electron chi connectivity index (χ3n) is 2.70. The first-order valence-electron chi connectivity index (χ1n) is 5.28. The second-order valence-corrected chi connectivity index (χ2v) is 4.82. The Bertz CT molecular complexity index is 536. The molecule has 0 fully saturated rings. The summed E-state index contributed by atoms with van der Waals surface area (Å²) in [6.07, 6.45) is 0. The SMILES string of the molecule is COc1ccc(F)cc1-c1c(CN)csc1C. The van der Waals surface area contributed by atoms with Gasteiger partial charge in [-0.05, 0) is 36.1 Å². The fourth-order valence-electron chi connectivity index (χ4n) is 1.89. The molecule has 4 heteroatoms. The van der Waals surface area contributed by atoms with Gasteiger partial charge in [0.15, 0.2) is 0 Å². The minimum Gasteiger partial charge on any atom is -0.496 e. The van der Waals surface area contributed by atoms with E-state index in [1.54, 1.807) is 24.5 Å². The number of nitrogens with two attached hydrogens (primary N) is 1. The smallest absolute Gasteiger partial charge is 0.126 e. The van der Waals surface area contributed by atoms with Gasteiger partial charge in [-0.2, -0.15) is 0 Å². The van der Waals surface area contributed by atoms with Crippen LogP contribution in [-0.2, 0) is 6.54 Å². The largest absolute Gasteiger partial charge is 0.496 e. The van der Waals surface area contributed by atoms with Crippen molar-refractivity contribution >= 4 is 11.3 Å². The molecule has 0 amide bonds. The van der Waals surface area contributed by atoms with Gasteiger partial charge < -0.3 is 10.5 Å². The summed E-state index contributed by atoms with van der Waals surface area (Å²) in [5, 5.41) is 2.01. The van der Waals surface area contributed by atoms with E-state index in [0.717, 1.165) is 21.6 Å². The maximum absolute atomic E-state index is 13.4. The number of thiophene rings is 1. The summed E-state index contributed by atoms with van der Waals surface area (Å²) in [5.74, 6) is 0.400. The van der Waals surface area contributed by atoms with Crippen molar-refractivity contribution in [3.63, 3.8) is 0 Å². The van der Waals surface area contributed by atoms with Gasteiger partial charge in [0.2, 0.25) is 0 Å².